The number of aliphatic hydroxyl groups is 1. The molecular formula is C24H28N2O4. The van der Waals surface area contributed by atoms with Gasteiger partial charge in [0.25, 0.3) is 0 Å². The number of benzene rings is 2. The summed E-state index contributed by atoms with van der Waals surface area (Å²) in [7, 11) is 3.39. The van der Waals surface area contributed by atoms with Crippen molar-refractivity contribution in [3.8, 4) is 17.2 Å². The first-order valence-corrected chi connectivity index (χ1v) is 10.5. The Kier molecular flexibility index (Phi) is 4.83. The molecule has 1 N–H and O–H groups in total. The van der Waals surface area contributed by atoms with Crippen LogP contribution in [0, 0.1) is 0 Å². The van der Waals surface area contributed by atoms with Crippen molar-refractivity contribution < 1.29 is 19.3 Å². The summed E-state index contributed by atoms with van der Waals surface area (Å²) in [5.41, 5.74) is 6.23. The Morgan fingerprint density at radius 2 is 1.97 bits per heavy atom. The molecule has 0 aliphatic carbocycles. The lowest BCUT2D eigenvalue weighted by molar-refractivity contribution is 0.145. The van der Waals surface area contributed by atoms with Gasteiger partial charge in [-0.2, -0.15) is 0 Å². The van der Waals surface area contributed by atoms with E-state index >= 15 is 0 Å². The fraction of sp³-hybridized carbons (Fsp3) is 0.417. The molecule has 1 unspecified atom stereocenters. The van der Waals surface area contributed by atoms with Crippen LogP contribution in [0.25, 0.3) is 10.9 Å². The van der Waals surface area contributed by atoms with Crippen molar-refractivity contribution in [3.05, 3.63) is 52.7 Å². The number of ether oxygens (including phenoxy) is 3. The van der Waals surface area contributed by atoms with Crippen LogP contribution in [0.1, 0.15) is 35.3 Å². The normalized spacial score (nSPS) is 17.9. The van der Waals surface area contributed by atoms with E-state index in [4.69, 9.17) is 14.2 Å². The van der Waals surface area contributed by atoms with E-state index in [9.17, 15) is 5.11 Å². The van der Waals surface area contributed by atoms with Crippen molar-refractivity contribution in [1.29, 1.82) is 0 Å². The topological polar surface area (TPSA) is 56.1 Å². The summed E-state index contributed by atoms with van der Waals surface area (Å²) in [6, 6.07) is 10.7. The molecule has 0 spiro atoms. The Labute approximate surface area is 176 Å². The van der Waals surface area contributed by atoms with Crippen LogP contribution in [0.2, 0.25) is 0 Å². The van der Waals surface area contributed by atoms with Gasteiger partial charge in [0.2, 0.25) is 0 Å². The minimum atomic E-state index is -0.0151. The molecule has 2 aliphatic rings. The minimum absolute atomic E-state index is 0.0151. The first-order chi connectivity index (χ1) is 14.7. The Bertz CT molecular complexity index is 1100. The lowest BCUT2D eigenvalue weighted by Gasteiger charge is -2.41. The molecule has 0 bridgehead atoms. The molecule has 0 amide bonds. The molecule has 0 fully saturated rings. The van der Waals surface area contributed by atoms with Crippen LogP contribution in [0.15, 0.2) is 30.3 Å². The van der Waals surface area contributed by atoms with E-state index in [2.05, 4.69) is 23.1 Å². The van der Waals surface area contributed by atoms with Crippen molar-refractivity contribution in [2.24, 2.45) is 0 Å². The van der Waals surface area contributed by atoms with Crippen LogP contribution in [-0.2, 0) is 26.1 Å². The Balaban J connectivity index is 1.62. The van der Waals surface area contributed by atoms with Gasteiger partial charge in [0.05, 0.1) is 26.3 Å². The number of aromatic nitrogens is 1. The van der Waals surface area contributed by atoms with Crippen molar-refractivity contribution in [2.75, 3.05) is 27.4 Å². The largest absolute Gasteiger partial charge is 0.497 e. The second kappa shape index (κ2) is 7.52. The molecule has 0 saturated heterocycles. The summed E-state index contributed by atoms with van der Waals surface area (Å²) >= 11 is 0. The molecule has 1 atom stereocenters. The minimum Gasteiger partial charge on any atom is -0.497 e. The predicted molar refractivity (Wildman–Crippen MR) is 115 cm³/mol. The van der Waals surface area contributed by atoms with Gasteiger partial charge in [0.1, 0.15) is 12.5 Å². The van der Waals surface area contributed by atoms with Gasteiger partial charge in [0, 0.05) is 30.2 Å². The first-order valence-electron chi connectivity index (χ1n) is 10.5. The molecular weight excluding hydrogens is 380 g/mol. The standard InChI is InChI=1S/C24H28N2O4/c1-4-30-24-9-15-7-8-25-13-22-19(11-21(25)17(15)12-23(24)29-3)18-10-16(28-2)5-6-20(18)26(22)14-27/h5-6,9-10,12,21,27H,4,7-8,11,13-14H2,1-3H3. The van der Waals surface area contributed by atoms with Crippen LogP contribution < -0.4 is 14.2 Å². The highest BCUT2D eigenvalue weighted by molar-refractivity contribution is 5.87. The second-order valence-corrected chi connectivity index (χ2v) is 7.95. The van der Waals surface area contributed by atoms with E-state index in [1.807, 2.05) is 23.6 Å². The van der Waals surface area contributed by atoms with Gasteiger partial charge in [-0.3, -0.25) is 4.90 Å². The highest BCUT2D eigenvalue weighted by Crippen LogP contribution is 2.45. The summed E-state index contributed by atoms with van der Waals surface area (Å²) in [5, 5.41) is 11.3. The maximum atomic E-state index is 10.1. The first kappa shape index (κ1) is 19.3. The second-order valence-electron chi connectivity index (χ2n) is 7.95. The summed E-state index contributed by atoms with van der Waals surface area (Å²) < 4.78 is 19.0. The third kappa shape index (κ3) is 2.86. The number of fused-ring (bicyclic) bond motifs is 6. The zero-order valence-corrected chi connectivity index (χ0v) is 17.8. The van der Waals surface area contributed by atoms with Gasteiger partial charge in [-0.25, -0.2) is 0 Å². The summed E-state index contributed by atoms with van der Waals surface area (Å²) in [4.78, 5) is 2.52. The molecule has 158 valence electrons. The number of nitrogens with zero attached hydrogens (tertiary/aromatic N) is 2. The van der Waals surface area contributed by atoms with E-state index in [-0.39, 0.29) is 12.8 Å². The molecule has 30 heavy (non-hydrogen) atoms. The average Bonchev–Trinajstić information content (AvgIpc) is 3.09. The molecule has 3 aromatic rings. The van der Waals surface area contributed by atoms with Gasteiger partial charge in [-0.05, 0) is 66.8 Å². The zero-order valence-electron chi connectivity index (χ0n) is 17.8. The number of aliphatic hydroxyl groups excluding tert-OH is 1. The van der Waals surface area contributed by atoms with E-state index in [1.54, 1.807) is 14.2 Å². The molecule has 2 aliphatic heterocycles. The Morgan fingerprint density at radius 3 is 2.70 bits per heavy atom. The molecule has 6 heteroatoms. The number of methoxy groups -OCH3 is 2. The highest BCUT2D eigenvalue weighted by atomic mass is 16.5. The summed E-state index contributed by atoms with van der Waals surface area (Å²) in [6.45, 7) is 4.42. The third-order valence-corrected chi connectivity index (χ3v) is 6.58. The fourth-order valence-electron chi connectivity index (χ4n) is 5.16. The van der Waals surface area contributed by atoms with E-state index < -0.39 is 0 Å². The lowest BCUT2D eigenvalue weighted by Crippen LogP contribution is -2.39. The average molecular weight is 408 g/mol. The predicted octanol–water partition coefficient (Wildman–Crippen LogP) is 3.66. The van der Waals surface area contributed by atoms with Gasteiger partial charge in [-0.15, -0.1) is 0 Å². The summed E-state index contributed by atoms with van der Waals surface area (Å²) in [5.74, 6) is 2.46. The van der Waals surface area contributed by atoms with Crippen molar-refractivity contribution in [1.82, 2.24) is 9.47 Å². The third-order valence-electron chi connectivity index (χ3n) is 6.58. The number of rotatable bonds is 5. The maximum absolute atomic E-state index is 10.1. The number of hydrogen-bond acceptors (Lipinski definition) is 5. The van der Waals surface area contributed by atoms with Crippen molar-refractivity contribution in [2.45, 2.75) is 39.1 Å². The van der Waals surface area contributed by atoms with Crippen LogP contribution in [0.5, 0.6) is 17.2 Å². The quantitative estimate of drug-likeness (QED) is 0.698. The van der Waals surface area contributed by atoms with Crippen LogP contribution in [-0.4, -0.2) is 41.9 Å². The zero-order chi connectivity index (χ0) is 20.8. The Hall–Kier alpha value is -2.70. The molecule has 6 nitrogen and oxygen atoms in total. The van der Waals surface area contributed by atoms with Crippen LogP contribution in [0.4, 0.5) is 0 Å². The van der Waals surface area contributed by atoms with Gasteiger partial charge >= 0.3 is 0 Å². The summed E-state index contributed by atoms with van der Waals surface area (Å²) in [6.07, 6.45) is 1.88. The van der Waals surface area contributed by atoms with Gasteiger partial charge in [-0.1, -0.05) is 0 Å². The Morgan fingerprint density at radius 1 is 1.10 bits per heavy atom. The van der Waals surface area contributed by atoms with E-state index in [1.165, 1.54) is 27.8 Å². The molecule has 1 aromatic heterocycles. The van der Waals surface area contributed by atoms with Crippen LogP contribution in [0.3, 0.4) is 0 Å². The van der Waals surface area contributed by atoms with Crippen molar-refractivity contribution >= 4 is 10.9 Å². The monoisotopic (exact) mass is 408 g/mol. The van der Waals surface area contributed by atoms with Gasteiger partial charge < -0.3 is 23.9 Å². The molecule has 3 heterocycles. The van der Waals surface area contributed by atoms with Gasteiger partial charge in [0.15, 0.2) is 11.5 Å². The lowest BCUT2D eigenvalue weighted by atomic mass is 9.85. The molecule has 5 rings (SSSR count). The van der Waals surface area contributed by atoms with Crippen molar-refractivity contribution in [3.63, 3.8) is 0 Å². The molecule has 0 saturated carbocycles. The number of hydrogen-bond donors (Lipinski definition) is 1. The SMILES string of the molecule is CCOc1cc2c(cc1OC)C1Cc3c(n(CO)c4ccc(OC)cc34)CN1CC2. The highest BCUT2D eigenvalue weighted by Gasteiger charge is 2.36. The fourth-order valence-corrected chi connectivity index (χ4v) is 5.16. The molecule has 0 radical (unpaired) electrons. The smallest absolute Gasteiger partial charge is 0.161 e. The maximum Gasteiger partial charge on any atom is 0.161 e. The van der Waals surface area contributed by atoms with E-state index in [0.29, 0.717) is 6.61 Å². The van der Waals surface area contributed by atoms with Crippen LogP contribution >= 0.6 is 0 Å². The van der Waals surface area contributed by atoms with E-state index in [0.717, 1.165) is 48.7 Å². The molecule has 2 aromatic carbocycles.